The summed E-state index contributed by atoms with van der Waals surface area (Å²) in [6.07, 6.45) is 0. The third kappa shape index (κ3) is 3.44. The van der Waals surface area contributed by atoms with Crippen molar-refractivity contribution in [1.82, 2.24) is 0 Å². The molecule has 5 rings (SSSR count). The maximum Gasteiger partial charge on any atom is 0.338 e. The number of benzene rings is 3. The van der Waals surface area contributed by atoms with Crippen LogP contribution in [0.4, 0.5) is 15.8 Å². The lowest BCUT2D eigenvalue weighted by atomic mass is 9.92. The molecule has 2 bridgehead atoms. The normalized spacial score (nSPS) is 14.2. The lowest BCUT2D eigenvalue weighted by Crippen LogP contribution is -2.46. The standard InChI is InChI=1S/C26H25FN2O2/c1-17-6-8-23-20(12-17)14-28-16-29(23)15-21-13-19(7-9-24(21)28)25-18(2)4-3-5-22(25)26(30)31-11-10-27/h3-9,12-13H,10-11,14-16H2,1-2H3. The Morgan fingerprint density at radius 1 is 0.968 bits per heavy atom. The van der Waals surface area contributed by atoms with Crippen LogP contribution in [0.15, 0.2) is 54.6 Å². The quantitative estimate of drug-likeness (QED) is 0.534. The van der Waals surface area contributed by atoms with E-state index < -0.39 is 12.6 Å². The van der Waals surface area contributed by atoms with Crippen LogP contribution in [0.25, 0.3) is 11.1 Å². The number of esters is 1. The number of fused-ring (bicyclic) bond motifs is 6. The van der Waals surface area contributed by atoms with E-state index in [9.17, 15) is 9.18 Å². The highest BCUT2D eigenvalue weighted by Crippen LogP contribution is 2.40. The van der Waals surface area contributed by atoms with Crippen molar-refractivity contribution in [3.8, 4) is 11.1 Å². The fourth-order valence-corrected chi connectivity index (χ4v) is 4.80. The van der Waals surface area contributed by atoms with Crippen LogP contribution in [0.3, 0.4) is 0 Å². The van der Waals surface area contributed by atoms with Crippen LogP contribution in [0.5, 0.6) is 0 Å². The highest BCUT2D eigenvalue weighted by Gasteiger charge is 2.29. The monoisotopic (exact) mass is 416 g/mol. The Bertz CT molecular complexity index is 1170. The molecule has 2 heterocycles. The molecule has 2 aliphatic heterocycles. The number of rotatable bonds is 4. The van der Waals surface area contributed by atoms with Crippen LogP contribution in [0, 0.1) is 13.8 Å². The zero-order chi connectivity index (χ0) is 21.5. The molecule has 0 radical (unpaired) electrons. The highest BCUT2D eigenvalue weighted by atomic mass is 19.1. The van der Waals surface area contributed by atoms with Gasteiger partial charge in [-0.1, -0.05) is 35.9 Å². The van der Waals surface area contributed by atoms with Crippen LogP contribution >= 0.6 is 0 Å². The molecule has 0 spiro atoms. The van der Waals surface area contributed by atoms with Crippen molar-refractivity contribution in [3.05, 3.63) is 82.4 Å². The Hall–Kier alpha value is -3.34. The van der Waals surface area contributed by atoms with Gasteiger partial charge in [-0.3, -0.25) is 0 Å². The maximum atomic E-state index is 12.6. The van der Waals surface area contributed by atoms with Crippen LogP contribution in [0.1, 0.15) is 32.6 Å². The van der Waals surface area contributed by atoms with E-state index in [0.29, 0.717) is 5.56 Å². The van der Waals surface area contributed by atoms with E-state index in [0.717, 1.165) is 36.4 Å². The number of halogens is 1. The van der Waals surface area contributed by atoms with Crippen molar-refractivity contribution in [1.29, 1.82) is 0 Å². The topological polar surface area (TPSA) is 32.8 Å². The van der Waals surface area contributed by atoms with Crippen molar-refractivity contribution in [2.75, 3.05) is 29.7 Å². The van der Waals surface area contributed by atoms with Crippen LogP contribution in [-0.4, -0.2) is 25.9 Å². The molecule has 5 heteroatoms. The predicted molar refractivity (Wildman–Crippen MR) is 121 cm³/mol. The van der Waals surface area contributed by atoms with Gasteiger partial charge in [-0.05, 0) is 65.9 Å². The Balaban J connectivity index is 1.54. The number of alkyl halides is 1. The second kappa shape index (κ2) is 7.73. The predicted octanol–water partition coefficient (Wildman–Crippen LogP) is 5.39. The Morgan fingerprint density at radius 3 is 2.42 bits per heavy atom. The van der Waals surface area contributed by atoms with Crippen LogP contribution < -0.4 is 9.80 Å². The Morgan fingerprint density at radius 2 is 1.68 bits per heavy atom. The lowest BCUT2D eigenvalue weighted by molar-refractivity contribution is 0.0482. The summed E-state index contributed by atoms with van der Waals surface area (Å²) in [6.45, 7) is 5.81. The first-order valence-corrected chi connectivity index (χ1v) is 10.6. The molecule has 0 saturated carbocycles. The van der Waals surface area contributed by atoms with E-state index in [4.69, 9.17) is 4.74 Å². The SMILES string of the molecule is Cc1ccc2c(c1)CN1CN2Cc2cc(-c3c(C)cccc3C(=O)OCCF)ccc21. The summed E-state index contributed by atoms with van der Waals surface area (Å²) < 4.78 is 17.6. The molecule has 158 valence electrons. The Labute approximate surface area is 181 Å². The summed E-state index contributed by atoms with van der Waals surface area (Å²) >= 11 is 0. The van der Waals surface area contributed by atoms with Gasteiger partial charge >= 0.3 is 5.97 Å². The summed E-state index contributed by atoms with van der Waals surface area (Å²) in [4.78, 5) is 17.4. The van der Waals surface area contributed by atoms with Crippen molar-refractivity contribution in [3.63, 3.8) is 0 Å². The average Bonchev–Trinajstić information content (AvgIpc) is 2.76. The minimum absolute atomic E-state index is 0.223. The van der Waals surface area contributed by atoms with E-state index in [-0.39, 0.29) is 6.61 Å². The van der Waals surface area contributed by atoms with Gasteiger partial charge in [0.05, 0.1) is 12.2 Å². The first-order valence-electron chi connectivity index (χ1n) is 10.6. The van der Waals surface area contributed by atoms with Gasteiger partial charge in [-0.2, -0.15) is 0 Å². The fourth-order valence-electron chi connectivity index (χ4n) is 4.80. The lowest BCUT2D eigenvalue weighted by Gasteiger charge is -2.45. The number of nitrogens with zero attached hydrogens (tertiary/aromatic N) is 2. The number of aryl methyl sites for hydroxylation is 2. The average molecular weight is 416 g/mol. The van der Waals surface area contributed by atoms with Crippen molar-refractivity contribution >= 4 is 17.3 Å². The molecule has 2 aliphatic rings. The van der Waals surface area contributed by atoms with E-state index in [2.05, 4.69) is 53.1 Å². The molecule has 0 fully saturated rings. The minimum Gasteiger partial charge on any atom is -0.459 e. The molecule has 31 heavy (non-hydrogen) atoms. The molecule has 3 aromatic carbocycles. The number of hydrogen-bond acceptors (Lipinski definition) is 4. The van der Waals surface area contributed by atoms with Gasteiger partial charge in [0.15, 0.2) is 0 Å². The zero-order valence-corrected chi connectivity index (χ0v) is 17.8. The summed E-state index contributed by atoms with van der Waals surface area (Å²) in [5.41, 5.74) is 9.72. The van der Waals surface area contributed by atoms with Gasteiger partial charge in [0.25, 0.3) is 0 Å². The van der Waals surface area contributed by atoms with E-state index >= 15 is 0 Å². The number of ether oxygens (including phenoxy) is 1. The van der Waals surface area contributed by atoms with E-state index in [1.807, 2.05) is 19.1 Å². The molecule has 0 aliphatic carbocycles. The largest absolute Gasteiger partial charge is 0.459 e. The fraction of sp³-hybridized carbons (Fsp3) is 0.269. The maximum absolute atomic E-state index is 12.6. The van der Waals surface area contributed by atoms with Crippen molar-refractivity contribution < 1.29 is 13.9 Å². The summed E-state index contributed by atoms with van der Waals surface area (Å²) in [7, 11) is 0. The van der Waals surface area contributed by atoms with Crippen molar-refractivity contribution in [2.45, 2.75) is 26.9 Å². The summed E-state index contributed by atoms with van der Waals surface area (Å²) in [5, 5.41) is 0. The van der Waals surface area contributed by atoms with Gasteiger partial charge in [0, 0.05) is 24.5 Å². The number of carbonyl (C=O) groups excluding carboxylic acids is 1. The number of hydrogen-bond donors (Lipinski definition) is 0. The van der Waals surface area contributed by atoms with Crippen LogP contribution in [-0.2, 0) is 17.8 Å². The summed E-state index contributed by atoms with van der Waals surface area (Å²) in [6, 6.07) is 18.7. The van der Waals surface area contributed by atoms with Gasteiger partial charge in [0.1, 0.15) is 13.3 Å². The van der Waals surface area contributed by atoms with Gasteiger partial charge in [-0.25, -0.2) is 9.18 Å². The second-order valence-corrected chi connectivity index (χ2v) is 8.34. The Kier molecular flexibility index (Phi) is 4.89. The minimum atomic E-state index is -0.682. The zero-order valence-electron chi connectivity index (χ0n) is 17.8. The molecule has 4 nitrogen and oxygen atoms in total. The molecule has 0 aromatic heterocycles. The molecule has 0 saturated heterocycles. The smallest absolute Gasteiger partial charge is 0.338 e. The number of carbonyl (C=O) groups is 1. The molecule has 0 unspecified atom stereocenters. The molecule has 3 aromatic rings. The third-order valence-corrected chi connectivity index (χ3v) is 6.15. The molecule has 0 amide bonds. The first kappa shape index (κ1) is 19.6. The van der Waals surface area contributed by atoms with Gasteiger partial charge in [0.2, 0.25) is 0 Å². The first-order chi connectivity index (χ1) is 15.0. The molecular weight excluding hydrogens is 391 g/mol. The van der Waals surface area contributed by atoms with E-state index in [1.165, 1.54) is 28.1 Å². The summed E-state index contributed by atoms with van der Waals surface area (Å²) in [5.74, 6) is -0.484. The van der Waals surface area contributed by atoms with Gasteiger partial charge in [-0.15, -0.1) is 0 Å². The molecule has 0 N–H and O–H groups in total. The highest BCUT2D eigenvalue weighted by molar-refractivity contribution is 5.98. The van der Waals surface area contributed by atoms with Crippen LogP contribution in [0.2, 0.25) is 0 Å². The second-order valence-electron chi connectivity index (χ2n) is 8.34. The van der Waals surface area contributed by atoms with Crippen molar-refractivity contribution in [2.24, 2.45) is 0 Å². The number of anilines is 2. The molecule has 0 atom stereocenters. The van der Waals surface area contributed by atoms with E-state index in [1.54, 1.807) is 6.07 Å². The van der Waals surface area contributed by atoms with Gasteiger partial charge < -0.3 is 14.5 Å². The third-order valence-electron chi connectivity index (χ3n) is 6.15. The molecular formula is C26H25FN2O2.